The standard InChI is InChI=1S/C34H25N3O6/c1-19(31(38)20-9-3-2-4-10-20)35(32(39)21-15-17-22(18-16-21)37(42)43)36-33(40)29-27-23-11-5-6-12-24(23)28(30(29)34(36)41)26-14-8-7-13-25(26)27/h2-19,27-30H,1H3/t19-,27?,28?,29-,30-/m1/s1. The van der Waals surface area contributed by atoms with E-state index in [9.17, 15) is 29.3 Å². The number of imide groups is 1. The van der Waals surface area contributed by atoms with Crippen molar-refractivity contribution in [2.24, 2.45) is 11.8 Å². The van der Waals surface area contributed by atoms with E-state index in [1.807, 2.05) is 48.5 Å². The molecule has 1 aliphatic heterocycles. The smallest absolute Gasteiger partial charge is 0.273 e. The largest absolute Gasteiger partial charge is 0.292 e. The summed E-state index contributed by atoms with van der Waals surface area (Å²) in [5.41, 5.74) is 4.03. The Morgan fingerprint density at radius 2 is 1.14 bits per heavy atom. The van der Waals surface area contributed by atoms with E-state index in [4.69, 9.17) is 0 Å². The molecule has 9 nitrogen and oxygen atoms in total. The molecule has 212 valence electrons. The first kappa shape index (κ1) is 26.5. The van der Waals surface area contributed by atoms with E-state index >= 15 is 0 Å². The zero-order valence-corrected chi connectivity index (χ0v) is 23.0. The highest BCUT2D eigenvalue weighted by Crippen LogP contribution is 2.61. The van der Waals surface area contributed by atoms with Crippen molar-refractivity contribution in [2.75, 3.05) is 0 Å². The molecule has 0 N–H and O–H groups in total. The SMILES string of the molecule is C[C@H](C(=O)c1ccccc1)N(C(=O)c1ccc([N+](=O)[O-])cc1)N1C(=O)[C@@H]2C3c4ccccc4C(c4ccccc43)[C@H]2C1=O. The number of nitrogens with zero attached hydrogens (tertiary/aromatic N) is 3. The molecule has 4 aromatic rings. The van der Waals surface area contributed by atoms with Crippen LogP contribution >= 0.6 is 0 Å². The monoisotopic (exact) mass is 571 g/mol. The lowest BCUT2D eigenvalue weighted by Gasteiger charge is -2.45. The molecule has 4 aliphatic rings. The van der Waals surface area contributed by atoms with Gasteiger partial charge in [0.05, 0.1) is 16.8 Å². The molecule has 1 fully saturated rings. The number of ketones is 1. The van der Waals surface area contributed by atoms with Crippen LogP contribution in [0.15, 0.2) is 103 Å². The lowest BCUT2D eigenvalue weighted by Crippen LogP contribution is -2.56. The van der Waals surface area contributed by atoms with E-state index < -0.39 is 46.3 Å². The lowest BCUT2D eigenvalue weighted by atomic mass is 9.55. The molecule has 0 aromatic heterocycles. The normalized spacial score (nSPS) is 21.9. The fraction of sp³-hybridized carbons (Fsp3) is 0.176. The van der Waals surface area contributed by atoms with Gasteiger partial charge in [0, 0.05) is 35.1 Å². The number of carbonyl (C=O) groups is 4. The number of hydrogen-bond acceptors (Lipinski definition) is 6. The zero-order valence-electron chi connectivity index (χ0n) is 23.0. The summed E-state index contributed by atoms with van der Waals surface area (Å²) in [6, 6.07) is 27.6. The molecule has 0 unspecified atom stereocenters. The molecule has 2 bridgehead atoms. The Hall–Kier alpha value is -5.44. The third kappa shape index (κ3) is 3.85. The molecule has 0 saturated carbocycles. The van der Waals surface area contributed by atoms with Crippen LogP contribution in [-0.2, 0) is 9.59 Å². The lowest BCUT2D eigenvalue weighted by molar-refractivity contribution is -0.384. The molecule has 3 amide bonds. The molecule has 43 heavy (non-hydrogen) atoms. The predicted octanol–water partition coefficient (Wildman–Crippen LogP) is 5.12. The highest BCUT2D eigenvalue weighted by Gasteiger charge is 2.63. The van der Waals surface area contributed by atoms with Crippen molar-refractivity contribution in [1.82, 2.24) is 10.0 Å². The average Bonchev–Trinajstić information content (AvgIpc) is 3.30. The van der Waals surface area contributed by atoms with Crippen LogP contribution in [0.25, 0.3) is 0 Å². The highest BCUT2D eigenvalue weighted by molar-refractivity contribution is 6.11. The predicted molar refractivity (Wildman–Crippen MR) is 155 cm³/mol. The number of hydrazine groups is 1. The van der Waals surface area contributed by atoms with E-state index in [1.165, 1.54) is 31.2 Å². The first-order valence-corrected chi connectivity index (χ1v) is 14.0. The fourth-order valence-electron chi connectivity index (χ4n) is 7.13. The Morgan fingerprint density at radius 3 is 1.58 bits per heavy atom. The fourth-order valence-corrected chi connectivity index (χ4v) is 7.13. The van der Waals surface area contributed by atoms with Crippen LogP contribution in [0.1, 0.15) is 61.7 Å². The number of amides is 3. The maximum Gasteiger partial charge on any atom is 0.273 e. The van der Waals surface area contributed by atoms with Crippen molar-refractivity contribution in [2.45, 2.75) is 24.8 Å². The number of non-ortho nitro benzene ring substituents is 1. The first-order chi connectivity index (χ1) is 20.8. The Balaban J connectivity index is 1.35. The summed E-state index contributed by atoms with van der Waals surface area (Å²) < 4.78 is 0. The Morgan fingerprint density at radius 1 is 0.698 bits per heavy atom. The summed E-state index contributed by atoms with van der Waals surface area (Å²) in [7, 11) is 0. The van der Waals surface area contributed by atoms with Crippen molar-refractivity contribution < 1.29 is 24.1 Å². The second-order valence-corrected chi connectivity index (χ2v) is 11.1. The molecule has 1 heterocycles. The van der Waals surface area contributed by atoms with Crippen LogP contribution in [0.5, 0.6) is 0 Å². The van der Waals surface area contributed by atoms with E-state index in [0.29, 0.717) is 5.56 Å². The number of Topliss-reactive ketones (excluding diaryl/α,β-unsaturated/α-hetero) is 1. The molecule has 1 saturated heterocycles. The number of benzene rings is 4. The second-order valence-electron chi connectivity index (χ2n) is 11.1. The molecule has 4 aromatic carbocycles. The van der Waals surface area contributed by atoms with Gasteiger partial charge in [-0.25, -0.2) is 5.01 Å². The third-order valence-electron chi connectivity index (χ3n) is 8.98. The number of hydrogen-bond donors (Lipinski definition) is 0. The number of nitro benzene ring substituents is 1. The molecule has 3 atom stereocenters. The Labute approximate surface area is 246 Å². The van der Waals surface area contributed by atoms with Crippen molar-refractivity contribution in [3.8, 4) is 0 Å². The van der Waals surface area contributed by atoms with Gasteiger partial charge in [-0.2, -0.15) is 5.01 Å². The van der Waals surface area contributed by atoms with E-state index in [-0.39, 0.29) is 23.1 Å². The highest BCUT2D eigenvalue weighted by atomic mass is 16.6. The molecule has 8 rings (SSSR count). The van der Waals surface area contributed by atoms with Crippen molar-refractivity contribution in [3.63, 3.8) is 0 Å². The van der Waals surface area contributed by atoms with E-state index in [1.54, 1.807) is 30.3 Å². The van der Waals surface area contributed by atoms with Crippen LogP contribution in [0, 0.1) is 22.0 Å². The van der Waals surface area contributed by atoms with Gasteiger partial charge in [0.1, 0.15) is 6.04 Å². The van der Waals surface area contributed by atoms with Gasteiger partial charge >= 0.3 is 0 Å². The van der Waals surface area contributed by atoms with Crippen molar-refractivity contribution in [1.29, 1.82) is 0 Å². The summed E-state index contributed by atoms with van der Waals surface area (Å²) in [6.07, 6.45) is 0. The molecule has 0 radical (unpaired) electrons. The van der Waals surface area contributed by atoms with Crippen LogP contribution in [0.3, 0.4) is 0 Å². The average molecular weight is 572 g/mol. The zero-order chi connectivity index (χ0) is 30.0. The minimum atomic E-state index is -1.24. The molecular formula is C34H25N3O6. The summed E-state index contributed by atoms with van der Waals surface area (Å²) in [5, 5.41) is 13.1. The van der Waals surface area contributed by atoms with Gasteiger partial charge in [0.15, 0.2) is 5.78 Å². The van der Waals surface area contributed by atoms with Gasteiger partial charge in [-0.05, 0) is 41.3 Å². The van der Waals surface area contributed by atoms with Crippen molar-refractivity contribution in [3.05, 3.63) is 147 Å². The number of nitro groups is 1. The quantitative estimate of drug-likeness (QED) is 0.137. The molecule has 3 aliphatic carbocycles. The van der Waals surface area contributed by atoms with Gasteiger partial charge in [0.25, 0.3) is 23.4 Å². The maximum absolute atomic E-state index is 14.5. The van der Waals surface area contributed by atoms with Gasteiger partial charge in [0.2, 0.25) is 0 Å². The molecule has 9 heteroatoms. The second kappa shape index (κ2) is 9.84. The van der Waals surface area contributed by atoms with Gasteiger partial charge < -0.3 is 0 Å². The van der Waals surface area contributed by atoms with Gasteiger partial charge in [-0.15, -0.1) is 0 Å². The minimum Gasteiger partial charge on any atom is -0.292 e. The van der Waals surface area contributed by atoms with Gasteiger partial charge in [-0.1, -0.05) is 78.9 Å². The maximum atomic E-state index is 14.5. The third-order valence-corrected chi connectivity index (χ3v) is 8.98. The summed E-state index contributed by atoms with van der Waals surface area (Å²) >= 11 is 0. The first-order valence-electron chi connectivity index (χ1n) is 14.0. The summed E-state index contributed by atoms with van der Waals surface area (Å²) in [5.74, 6) is -4.62. The number of carbonyl (C=O) groups excluding carboxylic acids is 4. The van der Waals surface area contributed by atoms with Crippen LogP contribution < -0.4 is 0 Å². The van der Waals surface area contributed by atoms with Crippen molar-refractivity contribution >= 4 is 29.2 Å². The Kier molecular flexibility index (Phi) is 6.05. The Bertz CT molecular complexity index is 1720. The van der Waals surface area contributed by atoms with E-state index in [2.05, 4.69) is 0 Å². The minimum absolute atomic E-state index is 0.00308. The van der Waals surface area contributed by atoms with Crippen LogP contribution in [0.2, 0.25) is 0 Å². The van der Waals surface area contributed by atoms with Crippen LogP contribution in [0.4, 0.5) is 5.69 Å². The van der Waals surface area contributed by atoms with E-state index in [0.717, 1.165) is 32.3 Å². The number of rotatable bonds is 6. The molecular weight excluding hydrogens is 546 g/mol. The summed E-state index contributed by atoms with van der Waals surface area (Å²) in [4.78, 5) is 67.4. The van der Waals surface area contributed by atoms with Gasteiger partial charge in [-0.3, -0.25) is 29.3 Å². The topological polar surface area (TPSA) is 118 Å². The molecule has 0 spiro atoms. The summed E-state index contributed by atoms with van der Waals surface area (Å²) in [6.45, 7) is 1.49. The van der Waals surface area contributed by atoms with Crippen LogP contribution in [-0.4, -0.2) is 44.5 Å².